The lowest BCUT2D eigenvalue weighted by Crippen LogP contribution is -2.34. The Morgan fingerprint density at radius 2 is 2.16 bits per heavy atom. The van der Waals surface area contributed by atoms with Crippen molar-refractivity contribution in [2.24, 2.45) is 0 Å². The van der Waals surface area contributed by atoms with Crippen molar-refractivity contribution < 1.29 is 4.79 Å². The van der Waals surface area contributed by atoms with E-state index in [9.17, 15) is 4.79 Å². The average molecular weight is 393 g/mol. The largest absolute Gasteiger partial charge is 0.322 e. The number of nitrogens with zero attached hydrogens (tertiary/aromatic N) is 3. The molecule has 2 amide bonds. The molecule has 0 spiro atoms. The lowest BCUT2D eigenvalue weighted by Gasteiger charge is -2.24. The summed E-state index contributed by atoms with van der Waals surface area (Å²) >= 11 is 9.55. The number of aromatic nitrogens is 2. The fourth-order valence-corrected chi connectivity index (χ4v) is 4.91. The topological polar surface area (TPSA) is 58.1 Å². The zero-order valence-corrected chi connectivity index (χ0v) is 16.3. The first-order valence-corrected chi connectivity index (χ1v) is 10.1. The van der Waals surface area contributed by atoms with E-state index in [0.717, 1.165) is 45.3 Å². The van der Waals surface area contributed by atoms with Crippen molar-refractivity contribution >= 4 is 56.2 Å². The molecule has 25 heavy (non-hydrogen) atoms. The number of aryl methyl sites for hydroxylation is 2. The summed E-state index contributed by atoms with van der Waals surface area (Å²) in [6.45, 7) is 4.67. The van der Waals surface area contributed by atoms with Crippen LogP contribution in [0.4, 0.5) is 10.5 Å². The summed E-state index contributed by atoms with van der Waals surface area (Å²) in [4.78, 5) is 23.7. The first-order chi connectivity index (χ1) is 12.0. The summed E-state index contributed by atoms with van der Waals surface area (Å²) in [5, 5.41) is 7.53. The molecule has 4 rings (SSSR count). The number of carbonyl (C=O) groups excluding carboxylic acids is 1. The predicted octanol–water partition coefficient (Wildman–Crippen LogP) is 5.39. The summed E-state index contributed by atoms with van der Waals surface area (Å²) in [6, 6.07) is 3.62. The molecule has 0 bridgehead atoms. The lowest BCUT2D eigenvalue weighted by atomic mass is 10.2. The second-order valence-electron chi connectivity index (χ2n) is 6.11. The van der Waals surface area contributed by atoms with Crippen LogP contribution in [0.25, 0.3) is 10.2 Å². The van der Waals surface area contributed by atoms with Gasteiger partial charge in [-0.3, -0.25) is 0 Å². The van der Waals surface area contributed by atoms with Gasteiger partial charge in [0.05, 0.1) is 42.7 Å². The molecule has 8 heteroatoms. The van der Waals surface area contributed by atoms with Crippen LogP contribution in [-0.4, -0.2) is 27.4 Å². The molecule has 1 aromatic carbocycles. The summed E-state index contributed by atoms with van der Waals surface area (Å²) in [5.74, 6) is 0. The van der Waals surface area contributed by atoms with Gasteiger partial charge >= 0.3 is 6.03 Å². The number of nitrogens with one attached hydrogen (secondary N) is 1. The highest BCUT2D eigenvalue weighted by Crippen LogP contribution is 2.35. The number of halogens is 1. The highest BCUT2D eigenvalue weighted by atomic mass is 35.5. The van der Waals surface area contributed by atoms with Crippen molar-refractivity contribution in [3.8, 4) is 0 Å². The number of fused-ring (bicyclic) bond motifs is 1. The highest BCUT2D eigenvalue weighted by Gasteiger charge is 2.31. The van der Waals surface area contributed by atoms with Crippen molar-refractivity contribution in [2.45, 2.75) is 32.7 Å². The molecule has 3 aromatic rings. The number of hydrogen-bond acceptors (Lipinski definition) is 5. The molecule has 1 aliphatic rings. The summed E-state index contributed by atoms with van der Waals surface area (Å²) in [5.41, 5.74) is 2.47. The fraction of sp³-hybridized carbons (Fsp3) is 0.353. The summed E-state index contributed by atoms with van der Waals surface area (Å²) in [7, 11) is 0. The second kappa shape index (κ2) is 6.55. The van der Waals surface area contributed by atoms with Crippen molar-refractivity contribution in [3.05, 3.63) is 38.2 Å². The maximum Gasteiger partial charge on any atom is 0.322 e. The van der Waals surface area contributed by atoms with E-state index in [2.05, 4.69) is 15.3 Å². The first kappa shape index (κ1) is 16.8. The zero-order chi connectivity index (χ0) is 17.6. The molecule has 2 aromatic heterocycles. The maximum absolute atomic E-state index is 12.8. The molecule has 0 saturated carbocycles. The Balaban J connectivity index is 1.57. The molecule has 0 unspecified atom stereocenters. The van der Waals surface area contributed by atoms with Crippen LogP contribution in [0, 0.1) is 13.8 Å². The van der Waals surface area contributed by atoms with Crippen LogP contribution < -0.4 is 5.32 Å². The molecular weight excluding hydrogens is 376 g/mol. The Kier molecular flexibility index (Phi) is 4.39. The fourth-order valence-electron chi connectivity index (χ4n) is 3.20. The Bertz CT molecular complexity index is 951. The smallest absolute Gasteiger partial charge is 0.316 e. The van der Waals surface area contributed by atoms with Gasteiger partial charge in [0.15, 0.2) is 0 Å². The third-order valence-electron chi connectivity index (χ3n) is 4.32. The van der Waals surface area contributed by atoms with Crippen LogP contribution >= 0.6 is 34.3 Å². The summed E-state index contributed by atoms with van der Waals surface area (Å²) in [6.07, 6.45) is 1.92. The molecule has 1 N–H and O–H groups in total. The van der Waals surface area contributed by atoms with Crippen LogP contribution in [0.1, 0.15) is 34.6 Å². The Hall–Kier alpha value is -1.70. The molecule has 1 atom stereocenters. The van der Waals surface area contributed by atoms with Gasteiger partial charge in [0, 0.05) is 11.9 Å². The van der Waals surface area contributed by atoms with E-state index in [1.54, 1.807) is 28.7 Å². The number of carbonyl (C=O) groups is 1. The Labute approximate surface area is 158 Å². The number of urea groups is 1. The van der Waals surface area contributed by atoms with E-state index in [1.807, 2.05) is 30.2 Å². The molecule has 5 nitrogen and oxygen atoms in total. The van der Waals surface area contributed by atoms with Gasteiger partial charge < -0.3 is 10.2 Å². The van der Waals surface area contributed by atoms with Crippen molar-refractivity contribution in [3.63, 3.8) is 0 Å². The second-order valence-corrected chi connectivity index (χ2v) is 8.81. The van der Waals surface area contributed by atoms with Crippen LogP contribution in [0.15, 0.2) is 17.5 Å². The zero-order valence-electron chi connectivity index (χ0n) is 13.9. The Morgan fingerprint density at radius 3 is 2.92 bits per heavy atom. The molecular formula is C17H17ClN4OS2. The number of thiazole rings is 2. The van der Waals surface area contributed by atoms with Crippen LogP contribution in [0.2, 0.25) is 5.02 Å². The monoisotopic (exact) mass is 392 g/mol. The van der Waals surface area contributed by atoms with E-state index in [-0.39, 0.29) is 12.1 Å². The van der Waals surface area contributed by atoms with Gasteiger partial charge in [-0.1, -0.05) is 11.6 Å². The van der Waals surface area contributed by atoms with Crippen LogP contribution in [0.3, 0.4) is 0 Å². The van der Waals surface area contributed by atoms with Gasteiger partial charge in [-0.15, -0.1) is 22.7 Å². The van der Waals surface area contributed by atoms with E-state index in [1.165, 1.54) is 0 Å². The van der Waals surface area contributed by atoms with Crippen molar-refractivity contribution in [1.82, 2.24) is 14.9 Å². The highest BCUT2D eigenvalue weighted by molar-refractivity contribution is 7.18. The molecule has 130 valence electrons. The third kappa shape index (κ3) is 3.23. The van der Waals surface area contributed by atoms with Gasteiger partial charge in [-0.05, 0) is 38.8 Å². The normalized spacial score (nSPS) is 17.4. The van der Waals surface area contributed by atoms with Crippen LogP contribution in [-0.2, 0) is 0 Å². The molecule has 0 radical (unpaired) electrons. The molecule has 3 heterocycles. The standard InChI is InChI=1S/C17H17ClN4OS2/c1-9-19-14(8-24-9)15-4-3-5-22(15)17(23)21-12-7-16-13(6-11(12)18)20-10(2)25-16/h6-8,15H,3-5H2,1-2H3,(H,21,23)/t15-/m1/s1. The lowest BCUT2D eigenvalue weighted by molar-refractivity contribution is 0.206. The average Bonchev–Trinajstić information content (AvgIpc) is 3.26. The number of benzene rings is 1. The van der Waals surface area contributed by atoms with Crippen molar-refractivity contribution in [2.75, 3.05) is 11.9 Å². The number of hydrogen-bond donors (Lipinski definition) is 1. The van der Waals surface area contributed by atoms with Gasteiger partial charge in [-0.2, -0.15) is 0 Å². The van der Waals surface area contributed by atoms with Crippen LogP contribution in [0.5, 0.6) is 0 Å². The maximum atomic E-state index is 12.8. The Morgan fingerprint density at radius 1 is 1.32 bits per heavy atom. The minimum Gasteiger partial charge on any atom is -0.316 e. The SMILES string of the molecule is Cc1nc([C@H]2CCCN2C(=O)Nc2cc3sc(C)nc3cc2Cl)cs1. The number of likely N-dealkylation sites (tertiary alicyclic amines) is 1. The number of anilines is 1. The minimum absolute atomic E-state index is 0.0399. The molecule has 1 fully saturated rings. The minimum atomic E-state index is -0.129. The third-order valence-corrected chi connectivity index (χ3v) is 6.36. The molecule has 1 aliphatic heterocycles. The quantitative estimate of drug-likeness (QED) is 0.635. The summed E-state index contributed by atoms with van der Waals surface area (Å²) < 4.78 is 1.02. The van der Waals surface area contributed by atoms with E-state index in [4.69, 9.17) is 11.6 Å². The van der Waals surface area contributed by atoms with E-state index in [0.29, 0.717) is 10.7 Å². The van der Waals surface area contributed by atoms with Gasteiger partial charge in [-0.25, -0.2) is 14.8 Å². The molecule has 0 aliphatic carbocycles. The van der Waals surface area contributed by atoms with E-state index < -0.39 is 0 Å². The number of amides is 2. The van der Waals surface area contributed by atoms with E-state index >= 15 is 0 Å². The predicted molar refractivity (Wildman–Crippen MR) is 104 cm³/mol. The van der Waals surface area contributed by atoms with Crippen molar-refractivity contribution in [1.29, 1.82) is 0 Å². The molecule has 1 saturated heterocycles. The first-order valence-electron chi connectivity index (χ1n) is 8.07. The van der Waals surface area contributed by atoms with Gasteiger partial charge in [0.25, 0.3) is 0 Å². The number of rotatable bonds is 2. The van der Waals surface area contributed by atoms with Gasteiger partial charge in [0.1, 0.15) is 0 Å². The van der Waals surface area contributed by atoms with Gasteiger partial charge in [0.2, 0.25) is 0 Å².